The fraction of sp³-hybridized carbons (Fsp3) is 0.692. The first kappa shape index (κ1) is 15.4. The summed E-state index contributed by atoms with van der Waals surface area (Å²) in [4.78, 5) is 19.1. The van der Waals surface area contributed by atoms with Gasteiger partial charge < -0.3 is 14.8 Å². The summed E-state index contributed by atoms with van der Waals surface area (Å²) in [6, 6.07) is 0.243. The minimum Gasteiger partial charge on any atom is -0.472 e. The summed E-state index contributed by atoms with van der Waals surface area (Å²) in [6.45, 7) is 4.46. The Hall–Kier alpha value is -1.96. The van der Waals surface area contributed by atoms with E-state index in [-0.39, 0.29) is 36.0 Å². The van der Waals surface area contributed by atoms with Crippen molar-refractivity contribution in [2.75, 3.05) is 19.0 Å². The fourth-order valence-corrected chi connectivity index (χ4v) is 1.70. The van der Waals surface area contributed by atoms with Gasteiger partial charge in [-0.05, 0) is 18.8 Å². The maximum absolute atomic E-state index is 11.3. The Labute approximate surface area is 123 Å². The van der Waals surface area contributed by atoms with Crippen LogP contribution in [-0.2, 0) is 11.3 Å². The van der Waals surface area contributed by atoms with Crippen LogP contribution in [0.1, 0.15) is 32.5 Å². The van der Waals surface area contributed by atoms with Crippen LogP contribution in [0, 0.1) is 16.0 Å². The van der Waals surface area contributed by atoms with E-state index in [1.165, 1.54) is 7.11 Å². The van der Waals surface area contributed by atoms with Crippen molar-refractivity contribution in [3.63, 3.8) is 0 Å². The molecule has 0 amide bonds. The van der Waals surface area contributed by atoms with Crippen LogP contribution in [0.25, 0.3) is 0 Å². The van der Waals surface area contributed by atoms with Gasteiger partial charge in [0.15, 0.2) is 5.82 Å². The number of nitro groups is 1. The summed E-state index contributed by atoms with van der Waals surface area (Å²) in [5, 5.41) is 14.4. The Morgan fingerprint density at radius 1 is 1.43 bits per heavy atom. The molecule has 1 heterocycles. The van der Waals surface area contributed by atoms with Gasteiger partial charge in [-0.1, -0.05) is 13.8 Å². The molecule has 2 rings (SSSR count). The van der Waals surface area contributed by atoms with E-state index in [1.54, 1.807) is 0 Å². The van der Waals surface area contributed by atoms with Crippen LogP contribution in [0.4, 0.5) is 11.5 Å². The van der Waals surface area contributed by atoms with E-state index in [2.05, 4.69) is 15.3 Å². The SMILES string of the molecule is COCc1nc(NC2CC2)c([N+](=O)[O-])c(OCC(C)C)n1. The van der Waals surface area contributed by atoms with E-state index >= 15 is 0 Å². The molecule has 116 valence electrons. The zero-order valence-electron chi connectivity index (χ0n) is 12.5. The summed E-state index contributed by atoms with van der Waals surface area (Å²) in [7, 11) is 1.52. The highest BCUT2D eigenvalue weighted by Crippen LogP contribution is 2.35. The average molecular weight is 296 g/mol. The van der Waals surface area contributed by atoms with Crippen LogP contribution in [0.2, 0.25) is 0 Å². The molecular weight excluding hydrogens is 276 g/mol. The predicted octanol–water partition coefficient (Wildman–Crippen LogP) is 2.14. The second kappa shape index (κ2) is 6.66. The lowest BCUT2D eigenvalue weighted by atomic mass is 10.2. The quantitative estimate of drug-likeness (QED) is 0.579. The zero-order chi connectivity index (χ0) is 15.4. The van der Waals surface area contributed by atoms with Crippen LogP contribution in [0.3, 0.4) is 0 Å². The van der Waals surface area contributed by atoms with Gasteiger partial charge in [0.05, 0.1) is 11.5 Å². The van der Waals surface area contributed by atoms with E-state index in [0.717, 1.165) is 12.8 Å². The molecule has 1 fully saturated rings. The van der Waals surface area contributed by atoms with Gasteiger partial charge in [-0.2, -0.15) is 4.98 Å². The number of nitrogens with one attached hydrogen (secondary N) is 1. The van der Waals surface area contributed by atoms with Crippen molar-refractivity contribution in [1.29, 1.82) is 0 Å². The van der Waals surface area contributed by atoms with Gasteiger partial charge in [-0.3, -0.25) is 10.1 Å². The molecule has 0 aromatic carbocycles. The number of hydrogen-bond donors (Lipinski definition) is 1. The summed E-state index contributed by atoms with van der Waals surface area (Å²) >= 11 is 0. The lowest BCUT2D eigenvalue weighted by molar-refractivity contribution is -0.385. The van der Waals surface area contributed by atoms with Crippen molar-refractivity contribution >= 4 is 11.5 Å². The maximum atomic E-state index is 11.3. The Balaban J connectivity index is 2.36. The van der Waals surface area contributed by atoms with Crippen LogP contribution >= 0.6 is 0 Å². The monoisotopic (exact) mass is 296 g/mol. The van der Waals surface area contributed by atoms with Crippen LogP contribution in [0.5, 0.6) is 5.88 Å². The number of nitrogens with zero attached hydrogens (tertiary/aromatic N) is 3. The summed E-state index contributed by atoms with van der Waals surface area (Å²) in [6.07, 6.45) is 1.98. The van der Waals surface area contributed by atoms with Crippen molar-refractivity contribution < 1.29 is 14.4 Å². The Morgan fingerprint density at radius 3 is 2.67 bits per heavy atom. The van der Waals surface area contributed by atoms with Gasteiger partial charge >= 0.3 is 5.69 Å². The molecular formula is C13H20N4O4. The molecule has 1 N–H and O–H groups in total. The molecule has 1 aliphatic rings. The Morgan fingerprint density at radius 2 is 2.14 bits per heavy atom. The lowest BCUT2D eigenvalue weighted by Crippen LogP contribution is -2.14. The van der Waals surface area contributed by atoms with E-state index in [9.17, 15) is 10.1 Å². The zero-order valence-corrected chi connectivity index (χ0v) is 12.5. The number of aromatic nitrogens is 2. The fourth-order valence-electron chi connectivity index (χ4n) is 1.70. The summed E-state index contributed by atoms with van der Waals surface area (Å²) in [5.74, 6) is 0.817. The second-order valence-corrected chi connectivity index (χ2v) is 5.46. The number of anilines is 1. The second-order valence-electron chi connectivity index (χ2n) is 5.46. The Bertz CT molecular complexity index is 517. The topological polar surface area (TPSA) is 99.4 Å². The molecule has 21 heavy (non-hydrogen) atoms. The number of ether oxygens (including phenoxy) is 2. The highest BCUT2D eigenvalue weighted by molar-refractivity contribution is 5.62. The predicted molar refractivity (Wildman–Crippen MR) is 76.4 cm³/mol. The molecule has 0 unspecified atom stereocenters. The largest absolute Gasteiger partial charge is 0.472 e. The number of hydrogen-bond acceptors (Lipinski definition) is 7. The molecule has 0 bridgehead atoms. The minimum atomic E-state index is -0.503. The molecule has 8 nitrogen and oxygen atoms in total. The van der Waals surface area contributed by atoms with Gasteiger partial charge in [-0.25, -0.2) is 4.98 Å². The third-order valence-corrected chi connectivity index (χ3v) is 2.83. The maximum Gasteiger partial charge on any atom is 0.372 e. The van der Waals surface area contributed by atoms with Gasteiger partial charge in [0.1, 0.15) is 6.61 Å². The standard InChI is InChI=1S/C13H20N4O4/c1-8(2)6-21-13-11(17(18)19)12(14-9-4-5-9)15-10(16-13)7-20-3/h8-9H,4-7H2,1-3H3,(H,14,15,16). The summed E-state index contributed by atoms with van der Waals surface area (Å²) in [5.41, 5.74) is -0.206. The first-order valence-corrected chi connectivity index (χ1v) is 6.94. The van der Waals surface area contributed by atoms with Gasteiger partial charge in [-0.15, -0.1) is 0 Å². The molecule has 1 aromatic rings. The molecule has 0 spiro atoms. The van der Waals surface area contributed by atoms with Crippen LogP contribution in [0.15, 0.2) is 0 Å². The van der Waals surface area contributed by atoms with Gasteiger partial charge in [0, 0.05) is 13.2 Å². The third-order valence-electron chi connectivity index (χ3n) is 2.83. The van der Waals surface area contributed by atoms with E-state index < -0.39 is 4.92 Å². The first-order chi connectivity index (χ1) is 10.0. The molecule has 0 atom stereocenters. The normalized spacial score (nSPS) is 14.3. The van der Waals surface area contributed by atoms with E-state index in [0.29, 0.717) is 12.4 Å². The minimum absolute atomic E-state index is 0.00102. The van der Waals surface area contributed by atoms with E-state index in [1.807, 2.05) is 13.8 Å². The molecule has 8 heteroatoms. The lowest BCUT2D eigenvalue weighted by Gasteiger charge is -2.12. The molecule has 0 saturated heterocycles. The number of methoxy groups -OCH3 is 1. The molecule has 0 radical (unpaired) electrons. The first-order valence-electron chi connectivity index (χ1n) is 6.94. The smallest absolute Gasteiger partial charge is 0.372 e. The molecule has 0 aliphatic heterocycles. The van der Waals surface area contributed by atoms with Crippen molar-refractivity contribution in [1.82, 2.24) is 9.97 Å². The number of rotatable bonds is 8. The van der Waals surface area contributed by atoms with Crippen LogP contribution in [-0.4, -0.2) is 34.6 Å². The highest BCUT2D eigenvalue weighted by atomic mass is 16.6. The van der Waals surface area contributed by atoms with Gasteiger partial charge in [0.2, 0.25) is 5.82 Å². The average Bonchev–Trinajstić information content (AvgIpc) is 3.20. The molecule has 1 aromatic heterocycles. The van der Waals surface area contributed by atoms with Crippen molar-refractivity contribution in [2.24, 2.45) is 5.92 Å². The van der Waals surface area contributed by atoms with Crippen molar-refractivity contribution in [3.05, 3.63) is 15.9 Å². The molecule has 1 saturated carbocycles. The summed E-state index contributed by atoms with van der Waals surface area (Å²) < 4.78 is 10.5. The highest BCUT2D eigenvalue weighted by Gasteiger charge is 2.31. The molecule has 1 aliphatic carbocycles. The third kappa shape index (κ3) is 4.25. The van der Waals surface area contributed by atoms with Crippen molar-refractivity contribution in [3.8, 4) is 5.88 Å². The Kier molecular flexibility index (Phi) is 4.89. The van der Waals surface area contributed by atoms with E-state index in [4.69, 9.17) is 9.47 Å². The van der Waals surface area contributed by atoms with Gasteiger partial charge in [0.25, 0.3) is 5.88 Å². The van der Waals surface area contributed by atoms with Crippen molar-refractivity contribution in [2.45, 2.75) is 39.3 Å². The van der Waals surface area contributed by atoms with Crippen LogP contribution < -0.4 is 10.1 Å².